The molecule has 1 aliphatic heterocycles. The molecule has 0 atom stereocenters. The predicted octanol–water partition coefficient (Wildman–Crippen LogP) is 3.13. The Labute approximate surface area is 163 Å². The molecule has 1 aliphatic rings. The maximum Gasteiger partial charge on any atom is 0.272 e. The van der Waals surface area contributed by atoms with Crippen LogP contribution >= 0.6 is 0 Å². The Bertz CT molecular complexity index is 979. The van der Waals surface area contributed by atoms with E-state index in [9.17, 15) is 9.59 Å². The topological polar surface area (TPSA) is 69.3 Å². The average Bonchev–Trinajstić information content (AvgIpc) is 3.24. The SMILES string of the molecule is CCc1ccc(-c2cc(C(=O)N3CCN(c4ccccc4)C(=O)C3)[nH]n2)cc1. The second-order valence-corrected chi connectivity index (χ2v) is 6.82. The van der Waals surface area contributed by atoms with Gasteiger partial charge in [-0.25, -0.2) is 0 Å². The van der Waals surface area contributed by atoms with Gasteiger partial charge in [0, 0.05) is 24.3 Å². The minimum absolute atomic E-state index is 0.0628. The molecule has 6 heteroatoms. The van der Waals surface area contributed by atoms with Gasteiger partial charge in [-0.2, -0.15) is 5.10 Å². The summed E-state index contributed by atoms with van der Waals surface area (Å²) in [6.07, 6.45) is 0.980. The fourth-order valence-corrected chi connectivity index (χ4v) is 3.39. The Morgan fingerprint density at radius 2 is 1.82 bits per heavy atom. The molecule has 1 saturated heterocycles. The first kappa shape index (κ1) is 18.0. The van der Waals surface area contributed by atoms with E-state index in [-0.39, 0.29) is 18.4 Å². The van der Waals surface area contributed by atoms with E-state index < -0.39 is 0 Å². The third-order valence-corrected chi connectivity index (χ3v) is 5.04. The van der Waals surface area contributed by atoms with Crippen molar-refractivity contribution in [3.63, 3.8) is 0 Å². The standard InChI is InChI=1S/C22H22N4O2/c1-2-16-8-10-17(11-9-16)19-14-20(24-23-19)22(28)25-12-13-26(21(27)15-25)18-6-4-3-5-7-18/h3-11,14H,2,12-13,15H2,1H3,(H,23,24). The Morgan fingerprint density at radius 3 is 2.50 bits per heavy atom. The molecule has 0 saturated carbocycles. The number of amides is 2. The summed E-state index contributed by atoms with van der Waals surface area (Å²) in [6.45, 7) is 3.14. The van der Waals surface area contributed by atoms with Crippen LogP contribution in [0.15, 0.2) is 60.7 Å². The van der Waals surface area contributed by atoms with Crippen molar-refractivity contribution in [1.29, 1.82) is 0 Å². The lowest BCUT2D eigenvalue weighted by atomic mass is 10.1. The number of aromatic nitrogens is 2. The van der Waals surface area contributed by atoms with E-state index in [1.165, 1.54) is 5.56 Å². The monoisotopic (exact) mass is 374 g/mol. The van der Waals surface area contributed by atoms with Gasteiger partial charge in [0.15, 0.2) is 0 Å². The Kier molecular flexibility index (Phi) is 4.93. The normalized spacial score (nSPS) is 14.4. The van der Waals surface area contributed by atoms with Gasteiger partial charge >= 0.3 is 0 Å². The molecule has 0 bridgehead atoms. The number of benzene rings is 2. The number of aryl methyl sites for hydroxylation is 1. The first-order valence-corrected chi connectivity index (χ1v) is 9.45. The zero-order chi connectivity index (χ0) is 19.5. The molecule has 0 unspecified atom stereocenters. The Morgan fingerprint density at radius 1 is 1.07 bits per heavy atom. The molecule has 1 N–H and O–H groups in total. The summed E-state index contributed by atoms with van der Waals surface area (Å²) >= 11 is 0. The lowest BCUT2D eigenvalue weighted by Gasteiger charge is -2.34. The smallest absolute Gasteiger partial charge is 0.272 e. The number of rotatable bonds is 4. The van der Waals surface area contributed by atoms with Crippen molar-refractivity contribution in [1.82, 2.24) is 15.1 Å². The lowest BCUT2D eigenvalue weighted by molar-refractivity contribution is -0.120. The van der Waals surface area contributed by atoms with Crippen LogP contribution in [0.25, 0.3) is 11.3 Å². The molecule has 2 heterocycles. The highest BCUT2D eigenvalue weighted by molar-refractivity contribution is 6.01. The van der Waals surface area contributed by atoms with E-state index in [4.69, 9.17) is 0 Å². The molecule has 1 fully saturated rings. The van der Waals surface area contributed by atoms with Crippen molar-refractivity contribution >= 4 is 17.5 Å². The lowest BCUT2D eigenvalue weighted by Crippen LogP contribution is -2.52. The van der Waals surface area contributed by atoms with Gasteiger partial charge in [-0.3, -0.25) is 14.7 Å². The number of para-hydroxylation sites is 1. The number of carbonyl (C=O) groups excluding carboxylic acids is 2. The molecule has 4 rings (SSSR count). The quantitative estimate of drug-likeness (QED) is 0.763. The van der Waals surface area contributed by atoms with Crippen molar-refractivity contribution in [2.24, 2.45) is 0 Å². The van der Waals surface area contributed by atoms with Crippen LogP contribution in [0.1, 0.15) is 23.0 Å². The molecule has 2 aromatic carbocycles. The van der Waals surface area contributed by atoms with Crippen molar-refractivity contribution < 1.29 is 9.59 Å². The number of hydrogen-bond acceptors (Lipinski definition) is 3. The summed E-state index contributed by atoms with van der Waals surface area (Å²) < 4.78 is 0. The van der Waals surface area contributed by atoms with Crippen LogP contribution < -0.4 is 4.90 Å². The van der Waals surface area contributed by atoms with Gasteiger partial charge in [-0.15, -0.1) is 0 Å². The molecule has 28 heavy (non-hydrogen) atoms. The number of nitrogens with zero attached hydrogens (tertiary/aromatic N) is 3. The van der Waals surface area contributed by atoms with Crippen LogP contribution in [0.4, 0.5) is 5.69 Å². The van der Waals surface area contributed by atoms with Crippen molar-refractivity contribution in [2.75, 3.05) is 24.5 Å². The van der Waals surface area contributed by atoms with Crippen molar-refractivity contribution in [2.45, 2.75) is 13.3 Å². The van der Waals surface area contributed by atoms with Gasteiger partial charge in [0.2, 0.25) is 5.91 Å². The van der Waals surface area contributed by atoms with E-state index in [2.05, 4.69) is 29.3 Å². The molecule has 142 valence electrons. The number of nitrogens with one attached hydrogen (secondary N) is 1. The second kappa shape index (κ2) is 7.68. The van der Waals surface area contributed by atoms with Crippen LogP contribution in [0, 0.1) is 0 Å². The van der Waals surface area contributed by atoms with Gasteiger partial charge in [-0.05, 0) is 30.2 Å². The zero-order valence-corrected chi connectivity index (χ0v) is 15.8. The highest BCUT2D eigenvalue weighted by Crippen LogP contribution is 2.21. The molecule has 0 spiro atoms. The van der Waals surface area contributed by atoms with Gasteiger partial charge in [-0.1, -0.05) is 49.4 Å². The average molecular weight is 374 g/mol. The van der Waals surface area contributed by atoms with Crippen LogP contribution in [0.2, 0.25) is 0 Å². The van der Waals surface area contributed by atoms with E-state index >= 15 is 0 Å². The van der Waals surface area contributed by atoms with Crippen LogP contribution in [0.5, 0.6) is 0 Å². The minimum atomic E-state index is -0.204. The van der Waals surface area contributed by atoms with Gasteiger partial charge in [0.05, 0.1) is 5.69 Å². The number of hydrogen-bond donors (Lipinski definition) is 1. The van der Waals surface area contributed by atoms with E-state index in [0.29, 0.717) is 18.8 Å². The van der Waals surface area contributed by atoms with Crippen molar-refractivity contribution in [3.05, 3.63) is 71.9 Å². The summed E-state index contributed by atoms with van der Waals surface area (Å²) in [5.41, 5.74) is 4.19. The third kappa shape index (κ3) is 3.53. The fourth-order valence-electron chi connectivity index (χ4n) is 3.39. The molecular weight excluding hydrogens is 352 g/mol. The molecule has 0 aliphatic carbocycles. The van der Waals surface area contributed by atoms with E-state index in [1.54, 1.807) is 15.9 Å². The van der Waals surface area contributed by atoms with E-state index in [1.807, 2.05) is 42.5 Å². The molecule has 0 radical (unpaired) electrons. The first-order chi connectivity index (χ1) is 13.7. The summed E-state index contributed by atoms with van der Waals surface area (Å²) in [7, 11) is 0. The second-order valence-electron chi connectivity index (χ2n) is 6.82. The summed E-state index contributed by atoms with van der Waals surface area (Å²) in [6, 6.07) is 19.4. The van der Waals surface area contributed by atoms with Crippen LogP contribution in [-0.2, 0) is 11.2 Å². The number of piperazine rings is 1. The third-order valence-electron chi connectivity index (χ3n) is 5.04. The van der Waals surface area contributed by atoms with E-state index in [0.717, 1.165) is 23.4 Å². The summed E-state index contributed by atoms with van der Waals surface area (Å²) in [4.78, 5) is 28.6. The van der Waals surface area contributed by atoms with Crippen LogP contribution in [-0.4, -0.2) is 46.5 Å². The Balaban J connectivity index is 1.45. The predicted molar refractivity (Wildman–Crippen MR) is 108 cm³/mol. The number of H-pyrrole nitrogens is 1. The summed E-state index contributed by atoms with van der Waals surface area (Å²) in [5.74, 6) is -0.286. The zero-order valence-electron chi connectivity index (χ0n) is 15.8. The number of carbonyl (C=O) groups is 2. The molecular formula is C22H22N4O2. The maximum atomic E-state index is 12.8. The molecule has 3 aromatic rings. The maximum absolute atomic E-state index is 12.8. The molecule has 6 nitrogen and oxygen atoms in total. The first-order valence-electron chi connectivity index (χ1n) is 9.45. The minimum Gasteiger partial charge on any atom is -0.326 e. The highest BCUT2D eigenvalue weighted by atomic mass is 16.2. The fraction of sp³-hybridized carbons (Fsp3) is 0.227. The Hall–Kier alpha value is -3.41. The summed E-state index contributed by atoms with van der Waals surface area (Å²) in [5, 5.41) is 7.09. The molecule has 1 aromatic heterocycles. The number of aromatic amines is 1. The van der Waals surface area contributed by atoms with Crippen molar-refractivity contribution in [3.8, 4) is 11.3 Å². The van der Waals surface area contributed by atoms with Gasteiger partial charge in [0.1, 0.15) is 12.2 Å². The van der Waals surface area contributed by atoms with Gasteiger partial charge in [0.25, 0.3) is 5.91 Å². The molecule has 2 amide bonds. The van der Waals surface area contributed by atoms with Crippen LogP contribution in [0.3, 0.4) is 0 Å². The highest BCUT2D eigenvalue weighted by Gasteiger charge is 2.29. The largest absolute Gasteiger partial charge is 0.326 e. The number of anilines is 1. The van der Waals surface area contributed by atoms with Gasteiger partial charge < -0.3 is 9.80 Å².